The van der Waals surface area contributed by atoms with E-state index >= 15 is 0 Å². The maximum absolute atomic E-state index is 3.44. The van der Waals surface area contributed by atoms with Crippen molar-refractivity contribution < 1.29 is 0 Å². The van der Waals surface area contributed by atoms with Crippen molar-refractivity contribution in [1.29, 1.82) is 0 Å². The number of piperidine rings is 1. The number of allylic oxidation sites excluding steroid dienone is 2. The van der Waals surface area contributed by atoms with Crippen LogP contribution in [0.5, 0.6) is 0 Å². The Kier molecular flexibility index (Phi) is 5.09. The molecule has 1 atom stereocenters. The van der Waals surface area contributed by atoms with Gasteiger partial charge in [0.15, 0.2) is 0 Å². The van der Waals surface area contributed by atoms with Crippen molar-refractivity contribution >= 4 is 0 Å². The standard InChI is InChI=1S/C11H21N/c1-2-3-4-5-7-11-8-6-9-12-10-11/h4-5,11-12H,2-3,6-10H2,1H3/b5-4+. The summed E-state index contributed by atoms with van der Waals surface area (Å²) in [6, 6.07) is 0. The molecule has 1 rings (SSSR count). The number of hydrogen-bond acceptors (Lipinski definition) is 1. The highest BCUT2D eigenvalue weighted by atomic mass is 14.9. The van der Waals surface area contributed by atoms with Crippen molar-refractivity contribution in [2.45, 2.75) is 39.0 Å². The van der Waals surface area contributed by atoms with Gasteiger partial charge in [0.2, 0.25) is 0 Å². The van der Waals surface area contributed by atoms with Gasteiger partial charge in [-0.2, -0.15) is 0 Å². The first-order chi connectivity index (χ1) is 5.93. The van der Waals surface area contributed by atoms with E-state index in [1.807, 2.05) is 0 Å². The first kappa shape index (κ1) is 9.79. The molecule has 1 nitrogen and oxygen atoms in total. The molecule has 0 bridgehead atoms. The van der Waals surface area contributed by atoms with Crippen LogP contribution >= 0.6 is 0 Å². The molecule has 0 aromatic heterocycles. The van der Waals surface area contributed by atoms with Crippen LogP contribution in [0.4, 0.5) is 0 Å². The van der Waals surface area contributed by atoms with Crippen LogP contribution in [0.25, 0.3) is 0 Å². The van der Waals surface area contributed by atoms with Gasteiger partial charge in [0, 0.05) is 0 Å². The fourth-order valence-corrected chi connectivity index (χ4v) is 1.70. The topological polar surface area (TPSA) is 12.0 Å². The molecule has 12 heavy (non-hydrogen) atoms. The minimum Gasteiger partial charge on any atom is -0.316 e. The average Bonchev–Trinajstić information content (AvgIpc) is 2.14. The molecule has 1 saturated heterocycles. The molecule has 0 amide bonds. The second kappa shape index (κ2) is 6.24. The largest absolute Gasteiger partial charge is 0.316 e. The molecule has 1 aliphatic heterocycles. The lowest BCUT2D eigenvalue weighted by atomic mass is 9.96. The number of nitrogens with one attached hydrogen (secondary N) is 1. The summed E-state index contributed by atoms with van der Waals surface area (Å²) < 4.78 is 0. The minimum absolute atomic E-state index is 0.909. The lowest BCUT2D eigenvalue weighted by molar-refractivity contribution is 0.381. The number of rotatable bonds is 4. The summed E-state index contributed by atoms with van der Waals surface area (Å²) in [6.07, 6.45) is 11.3. The normalized spacial score (nSPS) is 24.9. The third-order valence-electron chi connectivity index (χ3n) is 2.49. The van der Waals surface area contributed by atoms with E-state index < -0.39 is 0 Å². The third-order valence-corrected chi connectivity index (χ3v) is 2.49. The molecule has 0 aromatic carbocycles. The van der Waals surface area contributed by atoms with Crippen LogP contribution in [0, 0.1) is 5.92 Å². The second-order valence-electron chi connectivity index (χ2n) is 3.71. The Morgan fingerprint density at radius 1 is 1.42 bits per heavy atom. The molecule has 1 unspecified atom stereocenters. The zero-order valence-electron chi connectivity index (χ0n) is 8.18. The summed E-state index contributed by atoms with van der Waals surface area (Å²) in [4.78, 5) is 0. The van der Waals surface area contributed by atoms with Crippen molar-refractivity contribution in [2.24, 2.45) is 5.92 Å². The highest BCUT2D eigenvalue weighted by molar-refractivity contribution is 4.85. The number of hydrogen-bond donors (Lipinski definition) is 1. The lowest BCUT2D eigenvalue weighted by Gasteiger charge is -2.21. The Hall–Kier alpha value is -0.300. The van der Waals surface area contributed by atoms with Crippen LogP contribution in [-0.4, -0.2) is 13.1 Å². The molecule has 1 fully saturated rings. The summed E-state index contributed by atoms with van der Waals surface area (Å²) in [7, 11) is 0. The van der Waals surface area contributed by atoms with E-state index in [1.165, 1.54) is 45.2 Å². The average molecular weight is 167 g/mol. The van der Waals surface area contributed by atoms with Crippen molar-refractivity contribution in [3.63, 3.8) is 0 Å². The van der Waals surface area contributed by atoms with E-state index in [4.69, 9.17) is 0 Å². The molecule has 1 heterocycles. The summed E-state index contributed by atoms with van der Waals surface area (Å²) in [5.74, 6) is 0.909. The molecule has 0 aromatic rings. The van der Waals surface area contributed by atoms with E-state index in [0.717, 1.165) is 5.92 Å². The van der Waals surface area contributed by atoms with Gasteiger partial charge in [-0.05, 0) is 44.7 Å². The quantitative estimate of drug-likeness (QED) is 0.635. The van der Waals surface area contributed by atoms with Crippen LogP contribution in [0.15, 0.2) is 12.2 Å². The Morgan fingerprint density at radius 3 is 3.00 bits per heavy atom. The van der Waals surface area contributed by atoms with Gasteiger partial charge in [-0.1, -0.05) is 25.5 Å². The molecule has 0 spiro atoms. The Morgan fingerprint density at radius 2 is 2.33 bits per heavy atom. The lowest BCUT2D eigenvalue weighted by Crippen LogP contribution is -2.29. The van der Waals surface area contributed by atoms with E-state index in [0.29, 0.717) is 0 Å². The van der Waals surface area contributed by atoms with Crippen LogP contribution in [0.2, 0.25) is 0 Å². The van der Waals surface area contributed by atoms with Gasteiger partial charge in [-0.15, -0.1) is 0 Å². The fraction of sp³-hybridized carbons (Fsp3) is 0.818. The molecular formula is C11H21N. The Labute approximate surface area is 76.2 Å². The van der Waals surface area contributed by atoms with E-state index in [1.54, 1.807) is 0 Å². The molecule has 0 radical (unpaired) electrons. The molecule has 70 valence electrons. The SMILES string of the molecule is CCC/C=C/CC1CCCNC1. The van der Waals surface area contributed by atoms with Crippen LogP contribution < -0.4 is 5.32 Å². The Bertz CT molecular complexity index is 123. The zero-order chi connectivity index (χ0) is 8.65. The van der Waals surface area contributed by atoms with E-state index in [-0.39, 0.29) is 0 Å². The van der Waals surface area contributed by atoms with Crippen LogP contribution in [-0.2, 0) is 0 Å². The van der Waals surface area contributed by atoms with Gasteiger partial charge < -0.3 is 5.32 Å². The number of unbranched alkanes of at least 4 members (excludes halogenated alkanes) is 1. The molecule has 1 heteroatoms. The molecule has 1 N–H and O–H groups in total. The zero-order valence-corrected chi connectivity index (χ0v) is 8.18. The smallest absolute Gasteiger partial charge is 0.00175 e. The highest BCUT2D eigenvalue weighted by Gasteiger charge is 2.10. The predicted molar refractivity (Wildman–Crippen MR) is 54.3 cm³/mol. The van der Waals surface area contributed by atoms with Crippen molar-refractivity contribution in [3.05, 3.63) is 12.2 Å². The predicted octanol–water partition coefficient (Wildman–Crippen LogP) is 2.73. The molecule has 0 aliphatic carbocycles. The molecule has 1 aliphatic rings. The molecular weight excluding hydrogens is 146 g/mol. The first-order valence-corrected chi connectivity index (χ1v) is 5.29. The molecule has 0 saturated carbocycles. The van der Waals surface area contributed by atoms with Crippen molar-refractivity contribution in [1.82, 2.24) is 5.32 Å². The second-order valence-corrected chi connectivity index (χ2v) is 3.71. The van der Waals surface area contributed by atoms with Gasteiger partial charge in [0.05, 0.1) is 0 Å². The maximum atomic E-state index is 3.44. The van der Waals surface area contributed by atoms with Gasteiger partial charge >= 0.3 is 0 Å². The summed E-state index contributed by atoms with van der Waals surface area (Å²) in [6.45, 7) is 4.69. The van der Waals surface area contributed by atoms with Crippen molar-refractivity contribution in [3.8, 4) is 0 Å². The minimum atomic E-state index is 0.909. The van der Waals surface area contributed by atoms with Gasteiger partial charge in [-0.25, -0.2) is 0 Å². The van der Waals surface area contributed by atoms with E-state index in [9.17, 15) is 0 Å². The fourth-order valence-electron chi connectivity index (χ4n) is 1.70. The highest BCUT2D eigenvalue weighted by Crippen LogP contribution is 2.14. The summed E-state index contributed by atoms with van der Waals surface area (Å²) in [5, 5.41) is 3.44. The Balaban J connectivity index is 2.04. The van der Waals surface area contributed by atoms with Gasteiger partial charge in [0.25, 0.3) is 0 Å². The third kappa shape index (κ3) is 3.91. The monoisotopic (exact) mass is 167 g/mol. The van der Waals surface area contributed by atoms with E-state index in [2.05, 4.69) is 24.4 Å². The van der Waals surface area contributed by atoms with Crippen LogP contribution in [0.3, 0.4) is 0 Å². The van der Waals surface area contributed by atoms with Gasteiger partial charge in [0.1, 0.15) is 0 Å². The summed E-state index contributed by atoms with van der Waals surface area (Å²) >= 11 is 0. The van der Waals surface area contributed by atoms with Gasteiger partial charge in [-0.3, -0.25) is 0 Å². The van der Waals surface area contributed by atoms with Crippen molar-refractivity contribution in [2.75, 3.05) is 13.1 Å². The maximum Gasteiger partial charge on any atom is -0.00175 e. The van der Waals surface area contributed by atoms with Crippen LogP contribution in [0.1, 0.15) is 39.0 Å². The summed E-state index contributed by atoms with van der Waals surface area (Å²) in [5.41, 5.74) is 0. The first-order valence-electron chi connectivity index (χ1n) is 5.29.